The summed E-state index contributed by atoms with van der Waals surface area (Å²) in [5.74, 6) is 0. The summed E-state index contributed by atoms with van der Waals surface area (Å²) in [5.41, 5.74) is -0.810. The lowest BCUT2D eigenvalue weighted by Crippen LogP contribution is -2.46. The summed E-state index contributed by atoms with van der Waals surface area (Å²) in [5, 5.41) is 14.0. The van der Waals surface area contributed by atoms with E-state index in [2.05, 4.69) is 4.98 Å². The van der Waals surface area contributed by atoms with E-state index < -0.39 is 32.6 Å². The van der Waals surface area contributed by atoms with Crippen molar-refractivity contribution in [2.75, 3.05) is 0 Å². The molecule has 0 fully saturated rings. The van der Waals surface area contributed by atoms with Gasteiger partial charge in [-0.1, -0.05) is 24.3 Å². The number of hydrogen-bond donors (Lipinski definition) is 2. The van der Waals surface area contributed by atoms with E-state index in [1.165, 1.54) is 19.9 Å². The third-order valence-corrected chi connectivity index (χ3v) is 5.48. The largest absolute Gasteiger partial charge is 0.417 e. The average Bonchev–Trinajstić information content (AvgIpc) is 2.50. The topological polar surface area (TPSA) is 93.3 Å². The molecule has 3 N–H and O–H groups in total. The van der Waals surface area contributed by atoms with Gasteiger partial charge in [0.15, 0.2) is 0 Å². The van der Waals surface area contributed by atoms with E-state index in [0.29, 0.717) is 16.8 Å². The third kappa shape index (κ3) is 5.03. The molecule has 1 aromatic heterocycles. The first kappa shape index (κ1) is 20.3. The summed E-state index contributed by atoms with van der Waals surface area (Å²) in [4.78, 5) is 3.81. The summed E-state index contributed by atoms with van der Waals surface area (Å²) >= 11 is 0. The van der Waals surface area contributed by atoms with E-state index in [4.69, 9.17) is 5.14 Å². The van der Waals surface area contributed by atoms with Gasteiger partial charge in [-0.2, -0.15) is 13.2 Å². The molecule has 0 spiro atoms. The van der Waals surface area contributed by atoms with Crippen LogP contribution in [0.4, 0.5) is 13.2 Å². The van der Waals surface area contributed by atoms with Crippen LogP contribution in [0.15, 0.2) is 42.6 Å². The zero-order valence-electron chi connectivity index (χ0n) is 14.2. The van der Waals surface area contributed by atoms with Gasteiger partial charge < -0.3 is 5.11 Å². The van der Waals surface area contributed by atoms with Gasteiger partial charge in [0.1, 0.15) is 5.25 Å². The van der Waals surface area contributed by atoms with E-state index in [0.717, 1.165) is 12.3 Å². The first-order chi connectivity index (χ1) is 11.8. The molecule has 0 amide bonds. The highest BCUT2D eigenvalue weighted by Gasteiger charge is 2.36. The molecular formula is C17H19F3N2O3S. The number of nitrogens with two attached hydrogens (primary N) is 1. The van der Waals surface area contributed by atoms with Crippen molar-refractivity contribution >= 4 is 10.0 Å². The second-order valence-corrected chi connectivity index (χ2v) is 8.31. The molecule has 0 bridgehead atoms. The maximum Gasteiger partial charge on any atom is 0.417 e. The van der Waals surface area contributed by atoms with Gasteiger partial charge in [-0.3, -0.25) is 4.98 Å². The lowest BCUT2D eigenvalue weighted by molar-refractivity contribution is -0.137. The van der Waals surface area contributed by atoms with Crippen LogP contribution >= 0.6 is 0 Å². The first-order valence-electron chi connectivity index (χ1n) is 7.65. The number of rotatable bonds is 5. The van der Waals surface area contributed by atoms with Crippen molar-refractivity contribution in [2.24, 2.45) is 5.14 Å². The molecule has 1 unspecified atom stereocenters. The normalized spacial score (nSPS) is 14.3. The Hall–Kier alpha value is -1.97. The Bertz CT molecular complexity index is 856. The van der Waals surface area contributed by atoms with Crippen LogP contribution in [0.1, 0.15) is 25.0 Å². The molecule has 0 aliphatic heterocycles. The molecule has 0 saturated carbocycles. The van der Waals surface area contributed by atoms with E-state index in [1.54, 1.807) is 24.3 Å². The number of primary sulfonamides is 1. The lowest BCUT2D eigenvalue weighted by atomic mass is 9.97. The zero-order valence-corrected chi connectivity index (χ0v) is 15.0. The van der Waals surface area contributed by atoms with Gasteiger partial charge in [0.05, 0.1) is 16.9 Å². The molecule has 5 nitrogen and oxygen atoms in total. The van der Waals surface area contributed by atoms with Crippen LogP contribution in [0.5, 0.6) is 0 Å². The molecule has 2 aromatic rings. The number of hydrogen-bond acceptors (Lipinski definition) is 4. The number of alkyl halides is 3. The Kier molecular flexibility index (Phi) is 5.46. The average molecular weight is 388 g/mol. The fraction of sp³-hybridized carbons (Fsp3) is 0.353. The fourth-order valence-corrected chi connectivity index (χ4v) is 3.75. The van der Waals surface area contributed by atoms with Crippen molar-refractivity contribution in [3.63, 3.8) is 0 Å². The minimum absolute atomic E-state index is 0.00303. The van der Waals surface area contributed by atoms with E-state index in [-0.39, 0.29) is 6.42 Å². The fourth-order valence-electron chi connectivity index (χ4n) is 2.53. The summed E-state index contributed by atoms with van der Waals surface area (Å²) in [6.07, 6.45) is -3.69. The van der Waals surface area contributed by atoms with Crippen LogP contribution in [0, 0.1) is 0 Å². The van der Waals surface area contributed by atoms with Crippen molar-refractivity contribution in [2.45, 2.75) is 37.3 Å². The third-order valence-electron chi connectivity index (χ3n) is 3.95. The van der Waals surface area contributed by atoms with Crippen molar-refractivity contribution in [3.8, 4) is 11.3 Å². The standard InChI is InChI=1S/C17H19F3N2O3S/c1-16(2,23)15(26(21,24)25)9-11-3-5-12(6-4-11)14-8-7-13(10-22-14)17(18,19)20/h3-8,10,15,23H,9H2,1-2H3,(H2,21,24,25). The van der Waals surface area contributed by atoms with Crippen LogP contribution in [0.2, 0.25) is 0 Å². The van der Waals surface area contributed by atoms with Gasteiger partial charge in [-0.15, -0.1) is 0 Å². The number of pyridine rings is 1. The van der Waals surface area contributed by atoms with Crippen LogP contribution in [-0.4, -0.2) is 29.4 Å². The van der Waals surface area contributed by atoms with Gasteiger partial charge in [-0.25, -0.2) is 13.6 Å². The number of halogens is 3. The molecule has 2 rings (SSSR count). The molecule has 0 aliphatic rings. The number of sulfonamides is 1. The van der Waals surface area contributed by atoms with Crippen LogP contribution in [0.25, 0.3) is 11.3 Å². The molecular weight excluding hydrogens is 369 g/mol. The SMILES string of the molecule is CC(C)(O)C(Cc1ccc(-c2ccc(C(F)(F)F)cn2)cc1)S(N)(=O)=O. The molecule has 142 valence electrons. The van der Waals surface area contributed by atoms with Crippen molar-refractivity contribution in [1.82, 2.24) is 4.98 Å². The quantitative estimate of drug-likeness (QED) is 0.824. The highest BCUT2D eigenvalue weighted by Crippen LogP contribution is 2.30. The highest BCUT2D eigenvalue weighted by molar-refractivity contribution is 7.89. The van der Waals surface area contributed by atoms with Crippen molar-refractivity contribution in [1.29, 1.82) is 0 Å². The second kappa shape index (κ2) is 6.98. The number of aliphatic hydroxyl groups is 1. The predicted octanol–water partition coefficient (Wildman–Crippen LogP) is 2.74. The number of benzene rings is 1. The molecule has 1 aromatic carbocycles. The van der Waals surface area contributed by atoms with Crippen LogP contribution < -0.4 is 5.14 Å². The smallest absolute Gasteiger partial charge is 0.389 e. The van der Waals surface area contributed by atoms with E-state index in [9.17, 15) is 26.7 Å². The summed E-state index contributed by atoms with van der Waals surface area (Å²) in [6.45, 7) is 2.73. The van der Waals surface area contributed by atoms with Crippen LogP contribution in [0.3, 0.4) is 0 Å². The molecule has 1 heterocycles. The molecule has 9 heteroatoms. The van der Waals surface area contributed by atoms with Crippen LogP contribution in [-0.2, 0) is 22.6 Å². The summed E-state index contributed by atoms with van der Waals surface area (Å²) in [7, 11) is -3.97. The van der Waals surface area contributed by atoms with E-state index >= 15 is 0 Å². The Balaban J connectivity index is 2.23. The Morgan fingerprint density at radius 2 is 1.69 bits per heavy atom. The van der Waals surface area contributed by atoms with Gasteiger partial charge in [-0.05, 0) is 38.0 Å². The molecule has 0 aliphatic carbocycles. The van der Waals surface area contributed by atoms with Crippen molar-refractivity contribution < 1.29 is 26.7 Å². The van der Waals surface area contributed by atoms with Crippen molar-refractivity contribution in [3.05, 3.63) is 53.7 Å². The second-order valence-electron chi connectivity index (χ2n) is 6.56. The van der Waals surface area contributed by atoms with Gasteiger partial charge >= 0.3 is 6.18 Å². The monoisotopic (exact) mass is 388 g/mol. The maximum absolute atomic E-state index is 12.6. The van der Waals surface area contributed by atoms with Gasteiger partial charge in [0.2, 0.25) is 10.0 Å². The van der Waals surface area contributed by atoms with Gasteiger partial charge in [0, 0.05) is 11.8 Å². The minimum atomic E-state index is -4.45. The van der Waals surface area contributed by atoms with Gasteiger partial charge in [0.25, 0.3) is 0 Å². The maximum atomic E-state index is 12.6. The van der Waals surface area contributed by atoms with E-state index in [1.807, 2.05) is 0 Å². The highest BCUT2D eigenvalue weighted by atomic mass is 32.2. The predicted molar refractivity (Wildman–Crippen MR) is 91.6 cm³/mol. The lowest BCUT2D eigenvalue weighted by Gasteiger charge is -2.27. The minimum Gasteiger partial charge on any atom is -0.389 e. The molecule has 1 atom stereocenters. The molecule has 26 heavy (non-hydrogen) atoms. The Morgan fingerprint density at radius 1 is 1.12 bits per heavy atom. The Labute approximate surface area is 149 Å². The number of aromatic nitrogens is 1. The molecule has 0 saturated heterocycles. The zero-order chi connectivity index (χ0) is 19.8. The summed E-state index contributed by atoms with van der Waals surface area (Å²) in [6, 6.07) is 8.70. The molecule has 0 radical (unpaired) electrons. The first-order valence-corrected chi connectivity index (χ1v) is 9.26. The summed E-state index contributed by atoms with van der Waals surface area (Å²) < 4.78 is 61.1. The Morgan fingerprint density at radius 3 is 2.08 bits per heavy atom. The number of nitrogens with zero attached hydrogens (tertiary/aromatic N) is 1.